The fourth-order valence-electron chi connectivity index (χ4n) is 3.64. The summed E-state index contributed by atoms with van der Waals surface area (Å²) in [5, 5.41) is 12.2. The minimum absolute atomic E-state index is 0.108. The Kier molecular flexibility index (Phi) is 4.88. The predicted octanol–water partition coefficient (Wildman–Crippen LogP) is 1.89. The van der Waals surface area contributed by atoms with Gasteiger partial charge < -0.3 is 15.3 Å². The van der Waals surface area contributed by atoms with Crippen LogP contribution >= 0.6 is 0 Å². The molecule has 0 aliphatic carbocycles. The standard InChI is InChI=1S/C19H22N2O4/c1-12-6-2-4-8-14(12)17(22)20-15-9-5-3-7-13-10-11-16(19(24)25)21(13)18(15)23/h2-6,8,13,15-16H,7,9-11H2,1H3,(H,20,22)(H,24,25)/t13-,15+,16+/m1/s1. The molecule has 2 heterocycles. The van der Waals surface area contributed by atoms with Crippen LogP contribution in [0.15, 0.2) is 36.4 Å². The molecule has 0 bridgehead atoms. The molecule has 0 radical (unpaired) electrons. The molecule has 0 saturated carbocycles. The van der Waals surface area contributed by atoms with Crippen molar-refractivity contribution in [2.24, 2.45) is 0 Å². The molecule has 2 aliphatic heterocycles. The van der Waals surface area contributed by atoms with E-state index in [9.17, 15) is 19.5 Å². The summed E-state index contributed by atoms with van der Waals surface area (Å²) < 4.78 is 0. The summed E-state index contributed by atoms with van der Waals surface area (Å²) in [6, 6.07) is 5.52. The van der Waals surface area contributed by atoms with Gasteiger partial charge in [-0.15, -0.1) is 0 Å². The van der Waals surface area contributed by atoms with E-state index in [4.69, 9.17) is 0 Å². The highest BCUT2D eigenvalue weighted by Gasteiger charge is 2.43. The summed E-state index contributed by atoms with van der Waals surface area (Å²) in [5.41, 5.74) is 1.35. The molecular formula is C19H22N2O4. The van der Waals surface area contributed by atoms with Crippen molar-refractivity contribution >= 4 is 17.8 Å². The molecule has 2 amide bonds. The summed E-state index contributed by atoms with van der Waals surface area (Å²) in [4.78, 5) is 38.5. The number of nitrogens with zero attached hydrogens (tertiary/aromatic N) is 1. The Morgan fingerprint density at radius 2 is 1.88 bits per heavy atom. The van der Waals surface area contributed by atoms with Gasteiger partial charge in [-0.1, -0.05) is 30.4 Å². The highest BCUT2D eigenvalue weighted by molar-refractivity contribution is 5.99. The van der Waals surface area contributed by atoms with Crippen molar-refractivity contribution in [2.75, 3.05) is 0 Å². The lowest BCUT2D eigenvalue weighted by molar-refractivity contribution is -0.150. The van der Waals surface area contributed by atoms with E-state index >= 15 is 0 Å². The van der Waals surface area contributed by atoms with E-state index in [1.54, 1.807) is 12.1 Å². The molecule has 6 nitrogen and oxygen atoms in total. The number of carboxylic acids is 1. The molecule has 1 saturated heterocycles. The third-order valence-electron chi connectivity index (χ3n) is 4.98. The van der Waals surface area contributed by atoms with Gasteiger partial charge in [0.2, 0.25) is 5.91 Å². The van der Waals surface area contributed by atoms with Gasteiger partial charge in [0, 0.05) is 11.6 Å². The van der Waals surface area contributed by atoms with Crippen LogP contribution < -0.4 is 5.32 Å². The Morgan fingerprint density at radius 3 is 2.60 bits per heavy atom. The second-order valence-corrected chi connectivity index (χ2v) is 6.61. The summed E-state index contributed by atoms with van der Waals surface area (Å²) >= 11 is 0. The number of amides is 2. The van der Waals surface area contributed by atoms with E-state index in [1.807, 2.05) is 31.2 Å². The van der Waals surface area contributed by atoms with Gasteiger partial charge in [0.15, 0.2) is 0 Å². The smallest absolute Gasteiger partial charge is 0.326 e. The minimum Gasteiger partial charge on any atom is -0.480 e. The van der Waals surface area contributed by atoms with Crippen molar-refractivity contribution < 1.29 is 19.5 Å². The van der Waals surface area contributed by atoms with Crippen molar-refractivity contribution in [3.8, 4) is 0 Å². The number of hydrogen-bond acceptors (Lipinski definition) is 3. The molecule has 3 atom stereocenters. The van der Waals surface area contributed by atoms with E-state index in [-0.39, 0.29) is 17.9 Å². The highest BCUT2D eigenvalue weighted by Crippen LogP contribution is 2.29. The van der Waals surface area contributed by atoms with Crippen LogP contribution in [0.3, 0.4) is 0 Å². The van der Waals surface area contributed by atoms with Crippen molar-refractivity contribution in [3.63, 3.8) is 0 Å². The van der Waals surface area contributed by atoms with Crippen LogP contribution in [0.4, 0.5) is 0 Å². The molecule has 3 rings (SSSR count). The average Bonchev–Trinajstić information content (AvgIpc) is 2.99. The van der Waals surface area contributed by atoms with Crippen LogP contribution in [-0.4, -0.2) is 45.9 Å². The summed E-state index contributed by atoms with van der Waals surface area (Å²) in [5.74, 6) is -1.60. The maximum absolute atomic E-state index is 13.0. The summed E-state index contributed by atoms with van der Waals surface area (Å²) in [7, 11) is 0. The Balaban J connectivity index is 1.82. The lowest BCUT2D eigenvalue weighted by Gasteiger charge is -2.32. The number of aryl methyl sites for hydroxylation is 1. The number of nitrogens with one attached hydrogen (secondary N) is 1. The van der Waals surface area contributed by atoms with Gasteiger partial charge in [-0.05, 0) is 44.2 Å². The van der Waals surface area contributed by atoms with Gasteiger partial charge in [-0.3, -0.25) is 9.59 Å². The Bertz CT molecular complexity index is 728. The van der Waals surface area contributed by atoms with Gasteiger partial charge in [-0.25, -0.2) is 4.79 Å². The third kappa shape index (κ3) is 3.43. The molecule has 6 heteroatoms. The maximum Gasteiger partial charge on any atom is 0.326 e. The van der Waals surface area contributed by atoms with E-state index in [2.05, 4.69) is 5.32 Å². The zero-order valence-electron chi connectivity index (χ0n) is 14.1. The number of hydrogen-bond donors (Lipinski definition) is 2. The second-order valence-electron chi connectivity index (χ2n) is 6.61. The van der Waals surface area contributed by atoms with Crippen molar-refractivity contribution in [3.05, 3.63) is 47.5 Å². The molecule has 2 aliphatic rings. The zero-order chi connectivity index (χ0) is 18.0. The van der Waals surface area contributed by atoms with Gasteiger partial charge in [-0.2, -0.15) is 0 Å². The van der Waals surface area contributed by atoms with Crippen LogP contribution in [0.2, 0.25) is 0 Å². The minimum atomic E-state index is -0.982. The van der Waals surface area contributed by atoms with Crippen molar-refractivity contribution in [1.29, 1.82) is 0 Å². The Morgan fingerprint density at radius 1 is 1.16 bits per heavy atom. The lowest BCUT2D eigenvalue weighted by atomic mass is 10.0. The molecule has 25 heavy (non-hydrogen) atoms. The molecule has 1 aromatic rings. The van der Waals surface area contributed by atoms with Crippen molar-refractivity contribution in [2.45, 2.75) is 50.7 Å². The van der Waals surface area contributed by atoms with Crippen LogP contribution in [0.5, 0.6) is 0 Å². The third-order valence-corrected chi connectivity index (χ3v) is 4.98. The quantitative estimate of drug-likeness (QED) is 0.821. The first-order valence-electron chi connectivity index (χ1n) is 8.55. The molecule has 0 spiro atoms. The molecular weight excluding hydrogens is 320 g/mol. The normalized spacial score (nSPS) is 25.9. The van der Waals surface area contributed by atoms with E-state index in [1.165, 1.54) is 4.90 Å². The molecule has 0 unspecified atom stereocenters. The molecule has 1 fully saturated rings. The molecule has 1 aromatic carbocycles. The Labute approximate surface area is 146 Å². The van der Waals surface area contributed by atoms with Crippen LogP contribution in [0, 0.1) is 6.92 Å². The average molecular weight is 342 g/mol. The second kappa shape index (κ2) is 7.09. The first-order valence-corrected chi connectivity index (χ1v) is 8.55. The topological polar surface area (TPSA) is 86.7 Å². The fourth-order valence-corrected chi connectivity index (χ4v) is 3.64. The molecule has 0 aromatic heterocycles. The first-order chi connectivity index (χ1) is 12.0. The van der Waals surface area contributed by atoms with E-state index in [0.29, 0.717) is 31.2 Å². The number of aliphatic carboxylic acids is 1. The molecule has 132 valence electrons. The van der Waals surface area contributed by atoms with E-state index in [0.717, 1.165) is 5.56 Å². The lowest BCUT2D eigenvalue weighted by Crippen LogP contribution is -2.54. The van der Waals surface area contributed by atoms with Gasteiger partial charge >= 0.3 is 5.97 Å². The van der Waals surface area contributed by atoms with Crippen LogP contribution in [0.25, 0.3) is 0 Å². The predicted molar refractivity (Wildman–Crippen MR) is 92.1 cm³/mol. The number of carbonyl (C=O) groups is 3. The van der Waals surface area contributed by atoms with Gasteiger partial charge in [0.05, 0.1) is 0 Å². The van der Waals surface area contributed by atoms with E-state index < -0.39 is 18.1 Å². The highest BCUT2D eigenvalue weighted by atomic mass is 16.4. The summed E-state index contributed by atoms with van der Waals surface area (Å²) in [6.07, 6.45) is 6.02. The number of carboxylic acid groups (broad SMARTS) is 1. The SMILES string of the molecule is Cc1ccccc1C(=O)N[C@H]1CC=CC[C@@H]2CC[C@@H](C(=O)O)N2C1=O. The summed E-state index contributed by atoms with van der Waals surface area (Å²) in [6.45, 7) is 1.84. The number of fused-ring (bicyclic) bond motifs is 1. The number of carbonyl (C=O) groups excluding carboxylic acids is 2. The Hall–Kier alpha value is -2.63. The van der Waals surface area contributed by atoms with Crippen LogP contribution in [-0.2, 0) is 9.59 Å². The van der Waals surface area contributed by atoms with Gasteiger partial charge in [0.1, 0.15) is 12.1 Å². The van der Waals surface area contributed by atoms with Crippen LogP contribution in [0.1, 0.15) is 41.6 Å². The number of rotatable bonds is 3. The fraction of sp³-hybridized carbons (Fsp3) is 0.421. The zero-order valence-corrected chi connectivity index (χ0v) is 14.1. The van der Waals surface area contributed by atoms with Gasteiger partial charge in [0.25, 0.3) is 5.91 Å². The first kappa shape index (κ1) is 17.2. The largest absolute Gasteiger partial charge is 0.480 e. The number of benzene rings is 1. The van der Waals surface area contributed by atoms with Crippen molar-refractivity contribution in [1.82, 2.24) is 10.2 Å². The maximum atomic E-state index is 13.0. The molecule has 2 N–H and O–H groups in total. The monoisotopic (exact) mass is 342 g/mol.